The molecule has 0 amide bonds. The minimum atomic E-state index is -0.356. The summed E-state index contributed by atoms with van der Waals surface area (Å²) in [6.45, 7) is 12.7. The molecule has 2 aliphatic rings. The van der Waals surface area contributed by atoms with Gasteiger partial charge in [0.1, 0.15) is 17.1 Å². The van der Waals surface area contributed by atoms with Crippen LogP contribution in [0.15, 0.2) is 47.6 Å². The lowest BCUT2D eigenvalue weighted by molar-refractivity contribution is -0.138. The van der Waals surface area contributed by atoms with Gasteiger partial charge in [-0.15, -0.1) is 0 Å². The number of ether oxygens (including phenoxy) is 2. The van der Waals surface area contributed by atoms with Crippen LogP contribution in [0.4, 0.5) is 0 Å². The molecular formula is C35H46O5. The van der Waals surface area contributed by atoms with Crippen LogP contribution in [0.1, 0.15) is 89.5 Å². The Morgan fingerprint density at radius 3 is 2.27 bits per heavy atom. The third-order valence-corrected chi connectivity index (χ3v) is 8.98. The SMILES string of the molecule is COc1cc(/C=C/c2cc(O)c(C/C=C(/C)CCC=C(C)C)c(O)c2)cc2c1O[C@]1(C)CC[C@@H](O)C(C)(C)[C@H]1C2. The number of hydrogen-bond donors (Lipinski definition) is 3. The van der Waals surface area contributed by atoms with Crippen LogP contribution in [-0.2, 0) is 12.8 Å². The number of aliphatic hydroxyl groups is 1. The molecule has 40 heavy (non-hydrogen) atoms. The van der Waals surface area contributed by atoms with E-state index in [2.05, 4.69) is 59.8 Å². The van der Waals surface area contributed by atoms with E-state index in [1.165, 1.54) is 11.1 Å². The zero-order valence-electron chi connectivity index (χ0n) is 25.2. The average molecular weight is 547 g/mol. The Balaban J connectivity index is 1.55. The first-order valence-corrected chi connectivity index (χ1v) is 14.4. The summed E-state index contributed by atoms with van der Waals surface area (Å²) in [5, 5.41) is 32.1. The number of aromatic hydroxyl groups is 2. The molecule has 1 heterocycles. The number of fused-ring (bicyclic) bond motifs is 2. The van der Waals surface area contributed by atoms with Crippen molar-refractivity contribution < 1.29 is 24.8 Å². The number of benzene rings is 2. The molecule has 3 N–H and O–H groups in total. The van der Waals surface area contributed by atoms with E-state index in [0.717, 1.165) is 49.0 Å². The topological polar surface area (TPSA) is 79.2 Å². The number of rotatable bonds is 8. The Hall–Kier alpha value is -3.18. The Kier molecular flexibility index (Phi) is 8.75. The molecule has 0 aromatic heterocycles. The highest BCUT2D eigenvalue weighted by molar-refractivity contribution is 5.73. The third-order valence-electron chi connectivity index (χ3n) is 8.98. The minimum Gasteiger partial charge on any atom is -0.507 e. The van der Waals surface area contributed by atoms with Crippen molar-refractivity contribution in [2.24, 2.45) is 11.3 Å². The highest BCUT2D eigenvalue weighted by Crippen LogP contribution is 2.55. The highest BCUT2D eigenvalue weighted by Gasteiger charge is 2.54. The van der Waals surface area contributed by atoms with Gasteiger partial charge in [-0.2, -0.15) is 0 Å². The van der Waals surface area contributed by atoms with E-state index < -0.39 is 0 Å². The van der Waals surface area contributed by atoms with Gasteiger partial charge >= 0.3 is 0 Å². The fraction of sp³-hybridized carbons (Fsp3) is 0.486. The molecule has 5 heteroatoms. The van der Waals surface area contributed by atoms with Crippen molar-refractivity contribution in [3.8, 4) is 23.0 Å². The zero-order chi connectivity index (χ0) is 29.2. The summed E-state index contributed by atoms with van der Waals surface area (Å²) in [6, 6.07) is 7.45. The predicted molar refractivity (Wildman–Crippen MR) is 163 cm³/mol. The Labute approximate surface area is 239 Å². The molecule has 1 fully saturated rings. The maximum atomic E-state index is 10.7. The number of methoxy groups -OCH3 is 1. The van der Waals surface area contributed by atoms with Crippen molar-refractivity contribution >= 4 is 12.2 Å². The quantitative estimate of drug-likeness (QED) is 0.231. The second kappa shape index (κ2) is 11.7. The van der Waals surface area contributed by atoms with Gasteiger partial charge in [0.2, 0.25) is 0 Å². The molecule has 5 nitrogen and oxygen atoms in total. The van der Waals surface area contributed by atoms with Gasteiger partial charge in [0, 0.05) is 11.5 Å². The summed E-state index contributed by atoms with van der Waals surface area (Å²) in [6.07, 6.45) is 12.5. The monoisotopic (exact) mass is 546 g/mol. The fourth-order valence-corrected chi connectivity index (χ4v) is 6.37. The van der Waals surface area contributed by atoms with Gasteiger partial charge in [-0.25, -0.2) is 0 Å². The molecule has 0 saturated heterocycles. The lowest BCUT2D eigenvalue weighted by Crippen LogP contribution is -2.58. The van der Waals surface area contributed by atoms with Crippen LogP contribution in [0.3, 0.4) is 0 Å². The first-order chi connectivity index (χ1) is 18.8. The first kappa shape index (κ1) is 29.8. The predicted octanol–water partition coefficient (Wildman–Crippen LogP) is 8.00. The van der Waals surface area contributed by atoms with Crippen LogP contribution >= 0.6 is 0 Å². The standard InChI is InChI=1S/C35H46O5/c1-22(2)9-8-10-23(3)11-14-27-28(36)18-25(19-29(27)37)13-12-24-17-26-21-31-34(4,5)32(38)15-16-35(31,6)40-33(26)30(20-24)39-7/h9,11-13,17-20,31-32,36-38H,8,10,14-16,21H2,1-7H3/b13-12+,23-11-/t31-,32-,35-/m1/s1. The summed E-state index contributed by atoms with van der Waals surface area (Å²) < 4.78 is 12.4. The summed E-state index contributed by atoms with van der Waals surface area (Å²) >= 11 is 0. The highest BCUT2D eigenvalue weighted by atomic mass is 16.5. The van der Waals surface area contributed by atoms with Gasteiger partial charge in [-0.05, 0) is 113 Å². The van der Waals surface area contributed by atoms with Gasteiger partial charge in [0.05, 0.1) is 13.2 Å². The average Bonchev–Trinajstić information content (AvgIpc) is 2.88. The molecule has 2 aromatic rings. The van der Waals surface area contributed by atoms with Crippen molar-refractivity contribution in [1.29, 1.82) is 0 Å². The van der Waals surface area contributed by atoms with Crippen LogP contribution in [0.5, 0.6) is 23.0 Å². The molecular weight excluding hydrogens is 500 g/mol. The molecule has 216 valence electrons. The second-order valence-corrected chi connectivity index (χ2v) is 12.7. The van der Waals surface area contributed by atoms with Crippen molar-refractivity contribution in [1.82, 2.24) is 0 Å². The summed E-state index contributed by atoms with van der Waals surface area (Å²) in [5.41, 5.74) is 5.18. The lowest BCUT2D eigenvalue weighted by Gasteiger charge is -2.55. The van der Waals surface area contributed by atoms with Crippen molar-refractivity contribution in [2.75, 3.05) is 7.11 Å². The smallest absolute Gasteiger partial charge is 0.165 e. The molecule has 4 rings (SSSR count). The van der Waals surface area contributed by atoms with Crippen molar-refractivity contribution in [3.05, 3.63) is 69.8 Å². The molecule has 1 saturated carbocycles. The van der Waals surface area contributed by atoms with Gasteiger partial charge in [-0.1, -0.05) is 49.3 Å². The number of hydrogen-bond acceptors (Lipinski definition) is 5. The van der Waals surface area contributed by atoms with Gasteiger partial charge in [-0.3, -0.25) is 0 Å². The van der Waals surface area contributed by atoms with Gasteiger partial charge in [0.25, 0.3) is 0 Å². The molecule has 0 radical (unpaired) electrons. The first-order valence-electron chi connectivity index (χ1n) is 14.4. The van der Waals surface area contributed by atoms with E-state index in [9.17, 15) is 15.3 Å². The summed E-state index contributed by atoms with van der Waals surface area (Å²) in [7, 11) is 1.65. The zero-order valence-corrected chi connectivity index (χ0v) is 25.2. The van der Waals surface area contributed by atoms with Crippen LogP contribution < -0.4 is 9.47 Å². The van der Waals surface area contributed by atoms with Gasteiger partial charge < -0.3 is 24.8 Å². The van der Waals surface area contributed by atoms with Crippen molar-refractivity contribution in [3.63, 3.8) is 0 Å². The molecule has 0 spiro atoms. The van der Waals surface area contributed by atoms with Crippen LogP contribution in [0.25, 0.3) is 12.2 Å². The lowest BCUT2D eigenvalue weighted by atomic mass is 9.57. The van der Waals surface area contributed by atoms with Crippen LogP contribution in [-0.4, -0.2) is 34.1 Å². The van der Waals surface area contributed by atoms with E-state index in [1.807, 2.05) is 18.2 Å². The molecule has 0 unspecified atom stereocenters. The second-order valence-electron chi connectivity index (χ2n) is 12.7. The Morgan fingerprint density at radius 1 is 1.00 bits per heavy atom. The third kappa shape index (κ3) is 6.25. The minimum absolute atomic E-state index is 0.0850. The van der Waals surface area contributed by atoms with E-state index in [0.29, 0.717) is 23.3 Å². The number of phenols is 2. The van der Waals surface area contributed by atoms with E-state index in [-0.39, 0.29) is 34.5 Å². The molecule has 1 aliphatic carbocycles. The Bertz CT molecular complexity index is 1300. The normalized spacial score (nSPS) is 23.8. The number of allylic oxidation sites excluding steroid dienone is 4. The molecule has 3 atom stereocenters. The maximum absolute atomic E-state index is 10.7. The summed E-state index contributed by atoms with van der Waals surface area (Å²) in [4.78, 5) is 0. The number of aliphatic hydroxyl groups excluding tert-OH is 1. The van der Waals surface area contributed by atoms with Crippen molar-refractivity contribution in [2.45, 2.75) is 91.8 Å². The maximum Gasteiger partial charge on any atom is 0.165 e. The summed E-state index contributed by atoms with van der Waals surface area (Å²) in [5.74, 6) is 1.82. The van der Waals surface area contributed by atoms with Crippen LogP contribution in [0, 0.1) is 11.3 Å². The van der Waals surface area contributed by atoms with E-state index in [1.54, 1.807) is 19.2 Å². The molecule has 2 aromatic carbocycles. The Morgan fingerprint density at radius 2 is 1.65 bits per heavy atom. The number of phenolic OH excluding ortho intramolecular Hbond substituents is 2. The molecule has 0 bridgehead atoms. The van der Waals surface area contributed by atoms with Crippen LogP contribution in [0.2, 0.25) is 0 Å². The van der Waals surface area contributed by atoms with E-state index in [4.69, 9.17) is 9.47 Å². The molecule has 1 aliphatic heterocycles. The van der Waals surface area contributed by atoms with Gasteiger partial charge in [0.15, 0.2) is 11.5 Å². The largest absolute Gasteiger partial charge is 0.507 e. The fourth-order valence-electron chi connectivity index (χ4n) is 6.37. The van der Waals surface area contributed by atoms with E-state index >= 15 is 0 Å².